The van der Waals surface area contributed by atoms with E-state index in [-0.39, 0.29) is 6.42 Å². The molecule has 0 unspecified atom stereocenters. The van der Waals surface area contributed by atoms with Crippen LogP contribution in [0.15, 0.2) is 0 Å². The maximum absolute atomic E-state index is 10.4. The molecule has 0 aromatic carbocycles. The number of hydrogen-bond donors (Lipinski definition) is 0. The van der Waals surface area contributed by atoms with Crippen molar-refractivity contribution in [3.8, 4) is 0 Å². The van der Waals surface area contributed by atoms with Crippen LogP contribution in [0, 0.1) is 5.41 Å². The lowest BCUT2D eigenvalue weighted by Gasteiger charge is -2.15. The highest BCUT2D eigenvalue weighted by Gasteiger charge is 2.10. The van der Waals surface area contributed by atoms with Gasteiger partial charge < -0.3 is 0 Å². The predicted octanol–water partition coefficient (Wildman–Crippen LogP) is 2.58. The molecule has 0 bridgehead atoms. The first kappa shape index (κ1) is 5.72. The van der Waals surface area contributed by atoms with Crippen molar-refractivity contribution in [3.63, 3.8) is 0 Å². The molecule has 0 spiro atoms. The van der Waals surface area contributed by atoms with Gasteiger partial charge in [-0.3, -0.25) is 4.79 Å². The Balaban J connectivity index is 4.34. The molecule has 9 heavy (non-hydrogen) atoms. The molecule has 0 atom stereocenters. The van der Waals surface area contributed by atoms with E-state index in [9.17, 15) is 4.79 Å². The second-order valence-corrected chi connectivity index (χ2v) is 3.38. The van der Waals surface area contributed by atoms with E-state index in [0.29, 0.717) is 0 Å². The highest BCUT2D eigenvalue weighted by Crippen LogP contribution is 2.20. The highest BCUT2D eigenvalue weighted by molar-refractivity contribution is 6.63. The van der Waals surface area contributed by atoms with E-state index < -0.39 is 17.0 Å². The molecular formula is C7H13ClO. The summed E-state index contributed by atoms with van der Waals surface area (Å²) in [5.74, 6) is 0. The van der Waals surface area contributed by atoms with Gasteiger partial charge in [0.25, 0.3) is 0 Å². The van der Waals surface area contributed by atoms with Crippen LogP contribution in [-0.2, 0) is 4.79 Å². The van der Waals surface area contributed by atoms with Gasteiger partial charge in [-0.15, -0.1) is 0 Å². The summed E-state index contributed by atoms with van der Waals surface area (Å²) in [5, 5.41) is -0.620. The first-order chi connectivity index (χ1) is 4.67. The molecule has 0 aliphatic rings. The summed E-state index contributed by atoms with van der Waals surface area (Å²) in [4.78, 5) is 10.4. The van der Waals surface area contributed by atoms with Crippen LogP contribution in [0.1, 0.15) is 36.3 Å². The Labute approximate surface area is 64.2 Å². The summed E-state index contributed by atoms with van der Waals surface area (Å²) in [6.45, 7) is 5.23. The molecule has 0 aromatic heterocycles. The Morgan fingerprint density at radius 2 is 2.11 bits per heavy atom. The van der Waals surface area contributed by atoms with E-state index in [2.05, 4.69) is 0 Å². The molecule has 0 heterocycles. The molecule has 0 N–H and O–H groups in total. The van der Waals surface area contributed by atoms with Crippen molar-refractivity contribution in [2.45, 2.75) is 33.6 Å². The van der Waals surface area contributed by atoms with Crippen molar-refractivity contribution in [3.05, 3.63) is 0 Å². The second-order valence-electron chi connectivity index (χ2n) is 2.96. The number of rotatable bonds is 2. The predicted molar refractivity (Wildman–Crippen MR) is 39.5 cm³/mol. The fourth-order valence-corrected chi connectivity index (χ4v) is 0.401. The minimum absolute atomic E-state index is 0.224. The van der Waals surface area contributed by atoms with E-state index in [4.69, 9.17) is 14.3 Å². The smallest absolute Gasteiger partial charge is 0.221 e. The standard InChI is InChI=1S/C7H13ClO/c1-7(2,3)5-4-6(8)9/h4-5H2,1-3H3/i5D2. The molecule has 0 radical (unpaired) electrons. The van der Waals surface area contributed by atoms with Gasteiger partial charge in [0.1, 0.15) is 0 Å². The van der Waals surface area contributed by atoms with Crippen LogP contribution in [0.4, 0.5) is 0 Å². The Morgan fingerprint density at radius 1 is 1.67 bits per heavy atom. The van der Waals surface area contributed by atoms with E-state index in [1.807, 2.05) is 0 Å². The number of hydrogen-bond acceptors (Lipinski definition) is 1. The molecule has 1 nitrogen and oxygen atoms in total. The topological polar surface area (TPSA) is 17.1 Å². The summed E-state index contributed by atoms with van der Waals surface area (Å²) >= 11 is 5.09. The first-order valence-electron chi connectivity index (χ1n) is 3.85. The maximum Gasteiger partial charge on any atom is 0.221 e. The van der Waals surface area contributed by atoms with Gasteiger partial charge in [0.2, 0.25) is 5.24 Å². The molecule has 54 valence electrons. The summed E-state index contributed by atoms with van der Waals surface area (Å²) in [6, 6.07) is 0. The minimum Gasteiger partial charge on any atom is -0.281 e. The first-order valence-corrected chi connectivity index (χ1v) is 3.23. The Bertz CT molecular complexity index is 160. The van der Waals surface area contributed by atoms with Crippen molar-refractivity contribution >= 4 is 16.8 Å². The average Bonchev–Trinajstić information content (AvgIpc) is 1.56. The maximum atomic E-state index is 10.4. The van der Waals surface area contributed by atoms with Crippen molar-refractivity contribution < 1.29 is 7.54 Å². The van der Waals surface area contributed by atoms with Crippen molar-refractivity contribution in [1.29, 1.82) is 0 Å². The second kappa shape index (κ2) is 3.21. The number of halogens is 1. The van der Waals surface area contributed by atoms with Crippen LogP contribution in [0.3, 0.4) is 0 Å². The lowest BCUT2D eigenvalue weighted by molar-refractivity contribution is -0.112. The van der Waals surface area contributed by atoms with E-state index in [0.717, 1.165) is 0 Å². The third-order valence-corrected chi connectivity index (χ3v) is 0.891. The molecule has 0 saturated carbocycles. The molecule has 0 fully saturated rings. The monoisotopic (exact) mass is 150 g/mol. The molecular weight excluding hydrogens is 136 g/mol. The van der Waals surface area contributed by atoms with E-state index in [1.165, 1.54) is 0 Å². The fourth-order valence-electron chi connectivity index (χ4n) is 0.335. The van der Waals surface area contributed by atoms with Crippen molar-refractivity contribution in [2.24, 2.45) is 5.41 Å². The van der Waals surface area contributed by atoms with Gasteiger partial charge in [0.15, 0.2) is 0 Å². The third-order valence-electron chi connectivity index (χ3n) is 0.758. The zero-order valence-electron chi connectivity index (χ0n) is 7.99. The highest BCUT2D eigenvalue weighted by atomic mass is 35.5. The van der Waals surface area contributed by atoms with Crippen LogP contribution in [0.5, 0.6) is 0 Å². The van der Waals surface area contributed by atoms with E-state index in [1.54, 1.807) is 20.8 Å². The Kier molecular flexibility index (Phi) is 2.04. The lowest BCUT2D eigenvalue weighted by Crippen LogP contribution is -2.05. The molecule has 0 aliphatic carbocycles. The minimum atomic E-state index is -1.52. The van der Waals surface area contributed by atoms with Gasteiger partial charge >= 0.3 is 0 Å². The normalized spacial score (nSPS) is 16.4. The zero-order chi connectivity index (χ0) is 9.28. The molecule has 0 rings (SSSR count). The molecule has 0 aliphatic heterocycles. The van der Waals surface area contributed by atoms with Crippen LogP contribution in [0.2, 0.25) is 0 Å². The van der Waals surface area contributed by atoms with Crippen LogP contribution >= 0.6 is 11.6 Å². The van der Waals surface area contributed by atoms with E-state index >= 15 is 0 Å². The SMILES string of the molecule is [2H]C([2H])(CC(=O)Cl)C(C)(C)C. The summed E-state index contributed by atoms with van der Waals surface area (Å²) in [6.07, 6.45) is -1.75. The van der Waals surface area contributed by atoms with Gasteiger partial charge in [-0.25, -0.2) is 0 Å². The lowest BCUT2D eigenvalue weighted by atomic mass is 9.91. The number of carbonyl (C=O) groups excluding carboxylic acids is 1. The number of carbonyl (C=O) groups is 1. The summed E-state index contributed by atoms with van der Waals surface area (Å²) < 4.78 is 14.9. The van der Waals surface area contributed by atoms with Gasteiger partial charge in [-0.05, 0) is 23.4 Å². The third kappa shape index (κ3) is 7.96. The quantitative estimate of drug-likeness (QED) is 0.553. The average molecular weight is 151 g/mol. The molecule has 0 amide bonds. The van der Waals surface area contributed by atoms with Crippen LogP contribution in [-0.4, -0.2) is 5.24 Å². The van der Waals surface area contributed by atoms with Gasteiger partial charge in [0.05, 0.1) is 0 Å². The van der Waals surface area contributed by atoms with Crippen LogP contribution < -0.4 is 0 Å². The van der Waals surface area contributed by atoms with Gasteiger partial charge in [0, 0.05) is 9.16 Å². The Morgan fingerprint density at radius 3 is 2.22 bits per heavy atom. The van der Waals surface area contributed by atoms with Gasteiger partial charge in [-0.1, -0.05) is 20.8 Å². The largest absolute Gasteiger partial charge is 0.281 e. The molecule has 0 saturated heterocycles. The van der Waals surface area contributed by atoms with Crippen molar-refractivity contribution in [2.75, 3.05) is 0 Å². The molecule has 0 aromatic rings. The van der Waals surface area contributed by atoms with Crippen LogP contribution in [0.25, 0.3) is 0 Å². The zero-order valence-corrected chi connectivity index (χ0v) is 6.75. The molecule has 2 heteroatoms. The Hall–Kier alpha value is -0.0400. The summed E-state index contributed by atoms with van der Waals surface area (Å²) in [5.41, 5.74) is -0.544. The van der Waals surface area contributed by atoms with Gasteiger partial charge in [-0.2, -0.15) is 0 Å². The summed E-state index contributed by atoms with van der Waals surface area (Å²) in [7, 11) is 0. The fraction of sp³-hybridized carbons (Fsp3) is 0.857. The van der Waals surface area contributed by atoms with Crippen molar-refractivity contribution in [1.82, 2.24) is 0 Å².